The van der Waals surface area contributed by atoms with Crippen molar-refractivity contribution in [1.82, 2.24) is 5.32 Å². The first-order valence-electron chi connectivity index (χ1n) is 7.90. The van der Waals surface area contributed by atoms with Crippen LogP contribution in [0.1, 0.15) is 45.6 Å². The van der Waals surface area contributed by atoms with Crippen molar-refractivity contribution in [1.29, 1.82) is 0 Å². The molecule has 0 radical (unpaired) electrons. The highest BCUT2D eigenvalue weighted by molar-refractivity contribution is 7.12. The van der Waals surface area contributed by atoms with Crippen LogP contribution >= 0.6 is 11.3 Å². The Balaban J connectivity index is 2.15. The number of aryl methyl sites for hydroxylation is 1. The molecule has 1 aromatic carbocycles. The summed E-state index contributed by atoms with van der Waals surface area (Å²) >= 11 is 1.82. The summed E-state index contributed by atoms with van der Waals surface area (Å²) in [7, 11) is 0. The maximum absolute atomic E-state index is 12.1. The molecule has 5 heteroatoms. The van der Waals surface area contributed by atoms with E-state index in [1.165, 1.54) is 9.75 Å². The summed E-state index contributed by atoms with van der Waals surface area (Å²) in [4.78, 5) is 14.8. The predicted molar refractivity (Wildman–Crippen MR) is 96.3 cm³/mol. The largest absolute Gasteiger partial charge is 0.395 e. The minimum absolute atomic E-state index is 0.0576. The van der Waals surface area contributed by atoms with Gasteiger partial charge in [-0.2, -0.15) is 0 Å². The van der Waals surface area contributed by atoms with Gasteiger partial charge in [-0.1, -0.05) is 13.0 Å². The summed E-state index contributed by atoms with van der Waals surface area (Å²) in [5.74, 6) is -0.155. The Labute approximate surface area is 141 Å². The van der Waals surface area contributed by atoms with Crippen LogP contribution in [-0.4, -0.2) is 24.2 Å². The molecule has 0 saturated heterocycles. The third-order valence-corrected chi connectivity index (χ3v) is 5.22. The van der Waals surface area contributed by atoms with E-state index in [1.807, 2.05) is 30.4 Å². The highest BCUT2D eigenvalue weighted by Crippen LogP contribution is 2.28. The third kappa shape index (κ3) is 4.33. The van der Waals surface area contributed by atoms with Crippen molar-refractivity contribution in [2.75, 3.05) is 18.5 Å². The van der Waals surface area contributed by atoms with Crippen LogP contribution in [0, 0.1) is 6.92 Å². The number of benzene rings is 1. The summed E-state index contributed by atoms with van der Waals surface area (Å²) in [6.45, 7) is 6.43. The Morgan fingerprint density at radius 3 is 2.74 bits per heavy atom. The summed E-state index contributed by atoms with van der Waals surface area (Å²) in [6.07, 6.45) is 1.05. The first kappa shape index (κ1) is 17.5. The molecule has 0 bridgehead atoms. The second-order valence-corrected chi connectivity index (χ2v) is 6.68. The van der Waals surface area contributed by atoms with E-state index >= 15 is 0 Å². The van der Waals surface area contributed by atoms with Crippen molar-refractivity contribution in [3.63, 3.8) is 0 Å². The number of carbonyl (C=O) groups excluding carboxylic acids is 1. The second kappa shape index (κ2) is 8.13. The van der Waals surface area contributed by atoms with Crippen molar-refractivity contribution < 1.29 is 9.90 Å². The molecule has 1 unspecified atom stereocenters. The molecule has 0 spiro atoms. The Morgan fingerprint density at radius 1 is 1.30 bits per heavy atom. The molecule has 1 aromatic heterocycles. The lowest BCUT2D eigenvalue weighted by atomic mass is 10.1. The van der Waals surface area contributed by atoms with E-state index in [0.717, 1.165) is 17.7 Å². The van der Waals surface area contributed by atoms with Crippen LogP contribution < -0.4 is 10.6 Å². The number of anilines is 1. The zero-order valence-electron chi connectivity index (χ0n) is 13.8. The van der Waals surface area contributed by atoms with Crippen LogP contribution in [0.25, 0.3) is 0 Å². The van der Waals surface area contributed by atoms with Crippen molar-refractivity contribution in [2.24, 2.45) is 0 Å². The van der Waals surface area contributed by atoms with Gasteiger partial charge in [-0.25, -0.2) is 0 Å². The lowest BCUT2D eigenvalue weighted by Gasteiger charge is -2.17. The normalized spacial score (nSPS) is 12.0. The molecule has 0 fully saturated rings. The number of aliphatic hydroxyl groups excluding tert-OH is 1. The number of amides is 1. The molecule has 23 heavy (non-hydrogen) atoms. The Kier molecular flexibility index (Phi) is 6.19. The Hall–Kier alpha value is -1.85. The minimum atomic E-state index is -0.155. The molecule has 124 valence electrons. The van der Waals surface area contributed by atoms with Crippen LogP contribution in [0.4, 0.5) is 5.69 Å². The van der Waals surface area contributed by atoms with Gasteiger partial charge in [-0.05, 0) is 50.1 Å². The summed E-state index contributed by atoms with van der Waals surface area (Å²) in [6, 6.07) is 10.2. The van der Waals surface area contributed by atoms with Gasteiger partial charge in [0.15, 0.2) is 0 Å². The van der Waals surface area contributed by atoms with Crippen molar-refractivity contribution in [3.8, 4) is 0 Å². The van der Waals surface area contributed by atoms with Gasteiger partial charge >= 0.3 is 0 Å². The first-order chi connectivity index (χ1) is 11.1. The van der Waals surface area contributed by atoms with E-state index in [4.69, 9.17) is 5.11 Å². The molecule has 2 rings (SSSR count). The quantitative estimate of drug-likeness (QED) is 0.727. The highest BCUT2D eigenvalue weighted by Gasteiger charge is 2.14. The number of nitrogens with one attached hydrogen (secondary N) is 2. The molecule has 1 amide bonds. The lowest BCUT2D eigenvalue weighted by molar-refractivity contribution is 0.0944. The fourth-order valence-electron chi connectivity index (χ4n) is 2.42. The average molecular weight is 332 g/mol. The van der Waals surface area contributed by atoms with Gasteiger partial charge < -0.3 is 15.7 Å². The minimum Gasteiger partial charge on any atom is -0.395 e. The number of rotatable bonds is 7. The van der Waals surface area contributed by atoms with Gasteiger partial charge in [0.05, 0.1) is 12.6 Å². The molecule has 3 N–H and O–H groups in total. The molecule has 1 atom stereocenters. The summed E-state index contributed by atoms with van der Waals surface area (Å²) in [5, 5.41) is 15.0. The van der Waals surface area contributed by atoms with Gasteiger partial charge in [0.25, 0.3) is 5.91 Å². The van der Waals surface area contributed by atoms with E-state index in [0.29, 0.717) is 5.56 Å². The van der Waals surface area contributed by atoms with Crippen LogP contribution in [0.5, 0.6) is 0 Å². The van der Waals surface area contributed by atoms with Crippen LogP contribution in [0.3, 0.4) is 0 Å². The van der Waals surface area contributed by atoms with Crippen LogP contribution in [0.2, 0.25) is 0 Å². The first-order valence-corrected chi connectivity index (χ1v) is 8.72. The van der Waals surface area contributed by atoms with Gasteiger partial charge in [-0.15, -0.1) is 11.3 Å². The third-order valence-electron chi connectivity index (χ3n) is 3.81. The number of thiophene rings is 1. The maximum atomic E-state index is 12.1. The molecular weight excluding hydrogens is 308 g/mol. The number of hydrogen-bond donors (Lipinski definition) is 3. The van der Waals surface area contributed by atoms with Gasteiger partial charge in [-0.3, -0.25) is 4.79 Å². The van der Waals surface area contributed by atoms with Crippen molar-refractivity contribution in [3.05, 3.63) is 51.2 Å². The number of carbonyl (C=O) groups is 1. The molecule has 0 aliphatic carbocycles. The van der Waals surface area contributed by atoms with E-state index in [9.17, 15) is 4.79 Å². The van der Waals surface area contributed by atoms with Crippen molar-refractivity contribution in [2.45, 2.75) is 33.2 Å². The van der Waals surface area contributed by atoms with Crippen molar-refractivity contribution >= 4 is 22.9 Å². The smallest absolute Gasteiger partial charge is 0.251 e. The molecule has 4 nitrogen and oxygen atoms in total. The molecule has 0 saturated carbocycles. The fourth-order valence-corrected chi connectivity index (χ4v) is 3.38. The fraction of sp³-hybridized carbons (Fsp3) is 0.389. The Morgan fingerprint density at radius 2 is 2.09 bits per heavy atom. The van der Waals surface area contributed by atoms with E-state index in [1.54, 1.807) is 6.07 Å². The lowest BCUT2D eigenvalue weighted by Crippen LogP contribution is -2.27. The average Bonchev–Trinajstić information content (AvgIpc) is 3.03. The summed E-state index contributed by atoms with van der Waals surface area (Å²) < 4.78 is 0. The topological polar surface area (TPSA) is 61.4 Å². The van der Waals surface area contributed by atoms with E-state index in [-0.39, 0.29) is 25.1 Å². The Bertz CT molecular complexity index is 667. The van der Waals surface area contributed by atoms with Crippen LogP contribution in [0.15, 0.2) is 30.3 Å². The zero-order valence-corrected chi connectivity index (χ0v) is 14.7. The van der Waals surface area contributed by atoms with E-state index in [2.05, 4.69) is 36.6 Å². The standard InChI is InChI=1S/C18H24N2O2S/c1-4-14-8-9-17(23-14)13(3)20-16-7-5-6-15(12(16)2)18(22)19-10-11-21/h5-9,13,20-21H,4,10-11H2,1-3H3,(H,19,22). The monoisotopic (exact) mass is 332 g/mol. The number of aliphatic hydroxyl groups is 1. The summed E-state index contributed by atoms with van der Waals surface area (Å²) in [5.41, 5.74) is 2.51. The SMILES string of the molecule is CCc1ccc(C(C)Nc2cccc(C(=O)NCCO)c2C)s1. The number of hydrogen-bond acceptors (Lipinski definition) is 4. The second-order valence-electron chi connectivity index (χ2n) is 5.48. The molecular formula is C18H24N2O2S. The van der Waals surface area contributed by atoms with Crippen LogP contribution in [-0.2, 0) is 6.42 Å². The predicted octanol–water partition coefficient (Wildman–Crippen LogP) is 3.51. The zero-order chi connectivity index (χ0) is 16.8. The van der Waals surface area contributed by atoms with Gasteiger partial charge in [0.1, 0.15) is 0 Å². The maximum Gasteiger partial charge on any atom is 0.251 e. The molecule has 1 heterocycles. The van der Waals surface area contributed by atoms with Gasteiger partial charge in [0.2, 0.25) is 0 Å². The molecule has 0 aliphatic rings. The van der Waals surface area contributed by atoms with E-state index < -0.39 is 0 Å². The molecule has 0 aliphatic heterocycles. The highest BCUT2D eigenvalue weighted by atomic mass is 32.1. The molecule has 2 aromatic rings. The van der Waals surface area contributed by atoms with Gasteiger partial charge in [0, 0.05) is 27.5 Å².